The Balaban J connectivity index is 1.35. The highest BCUT2D eigenvalue weighted by Crippen LogP contribution is 2.38. The molecule has 0 aliphatic carbocycles. The van der Waals surface area contributed by atoms with Crippen LogP contribution < -0.4 is 10.6 Å². The molecular weight excluding hydrogens is 348 g/mol. The number of H-pyrrole nitrogens is 1. The maximum absolute atomic E-state index is 13.2. The summed E-state index contributed by atoms with van der Waals surface area (Å²) in [5.41, 5.74) is 3.78. The van der Waals surface area contributed by atoms with Gasteiger partial charge in [-0.3, -0.25) is 4.79 Å². The second kappa shape index (κ2) is 6.25. The lowest BCUT2D eigenvalue weighted by Gasteiger charge is -2.34. The van der Waals surface area contributed by atoms with Crippen LogP contribution in [0, 0.1) is 5.41 Å². The number of aromatic amines is 1. The summed E-state index contributed by atoms with van der Waals surface area (Å²) in [4.78, 5) is 18.7. The van der Waals surface area contributed by atoms with Gasteiger partial charge >= 0.3 is 0 Å². The van der Waals surface area contributed by atoms with Crippen molar-refractivity contribution in [1.82, 2.24) is 20.5 Å². The highest BCUT2D eigenvalue weighted by molar-refractivity contribution is 6.35. The Labute approximate surface area is 158 Å². The molecule has 138 valence electrons. The van der Waals surface area contributed by atoms with Crippen LogP contribution in [0.4, 0.5) is 0 Å². The second-order valence-corrected chi connectivity index (χ2v) is 8.55. The lowest BCUT2D eigenvalue weighted by atomic mass is 9.77. The topological polar surface area (TPSA) is 60.2 Å². The fraction of sp³-hybridized carbons (Fsp3) is 0.550. The van der Waals surface area contributed by atoms with Crippen LogP contribution in [0.5, 0.6) is 0 Å². The van der Waals surface area contributed by atoms with E-state index in [1.807, 2.05) is 17.0 Å². The van der Waals surface area contributed by atoms with Crippen molar-refractivity contribution in [2.24, 2.45) is 5.41 Å². The van der Waals surface area contributed by atoms with Gasteiger partial charge in [0.15, 0.2) is 0 Å². The third kappa shape index (κ3) is 2.65. The lowest BCUT2D eigenvalue weighted by Crippen LogP contribution is -2.45. The van der Waals surface area contributed by atoms with Crippen LogP contribution in [0.3, 0.4) is 0 Å². The minimum atomic E-state index is -0.0246. The van der Waals surface area contributed by atoms with E-state index in [1.54, 1.807) is 0 Å². The van der Waals surface area contributed by atoms with Crippen molar-refractivity contribution >= 4 is 28.4 Å². The molecule has 1 unspecified atom stereocenters. The minimum Gasteiger partial charge on any atom is -0.357 e. The van der Waals surface area contributed by atoms with Gasteiger partial charge in [-0.05, 0) is 43.8 Å². The van der Waals surface area contributed by atoms with Gasteiger partial charge in [0.05, 0.1) is 16.6 Å². The number of nitrogens with zero attached hydrogens (tertiary/aromatic N) is 1. The Morgan fingerprint density at radius 2 is 2.12 bits per heavy atom. The first-order valence-corrected chi connectivity index (χ1v) is 10.0. The van der Waals surface area contributed by atoms with Crippen LogP contribution in [-0.2, 0) is 17.8 Å². The highest BCUT2D eigenvalue weighted by Gasteiger charge is 2.43. The predicted molar refractivity (Wildman–Crippen MR) is 103 cm³/mol. The van der Waals surface area contributed by atoms with E-state index in [-0.39, 0.29) is 11.9 Å². The van der Waals surface area contributed by atoms with E-state index in [4.69, 9.17) is 11.6 Å². The number of carbonyl (C=O) groups excluding carboxylic acids is 1. The second-order valence-electron chi connectivity index (χ2n) is 8.14. The van der Waals surface area contributed by atoms with Gasteiger partial charge in [-0.15, -0.1) is 0 Å². The minimum absolute atomic E-state index is 0.0246. The third-order valence-electron chi connectivity index (χ3n) is 6.59. The Morgan fingerprint density at radius 1 is 1.27 bits per heavy atom. The zero-order valence-electron chi connectivity index (χ0n) is 14.9. The Morgan fingerprint density at radius 3 is 2.96 bits per heavy atom. The molecule has 1 aromatic carbocycles. The Kier molecular flexibility index (Phi) is 3.99. The molecule has 5 nitrogen and oxygen atoms in total. The van der Waals surface area contributed by atoms with Crippen LogP contribution in [-0.4, -0.2) is 48.0 Å². The third-order valence-corrected chi connectivity index (χ3v) is 6.91. The van der Waals surface area contributed by atoms with Crippen molar-refractivity contribution in [3.05, 3.63) is 34.5 Å². The van der Waals surface area contributed by atoms with Gasteiger partial charge in [0.1, 0.15) is 0 Å². The van der Waals surface area contributed by atoms with E-state index in [0.717, 1.165) is 54.9 Å². The molecular formula is C20H25ClN4O. The maximum Gasteiger partial charge on any atom is 0.240 e. The van der Waals surface area contributed by atoms with E-state index in [9.17, 15) is 4.79 Å². The average Bonchev–Trinajstić information content (AvgIpc) is 3.24. The van der Waals surface area contributed by atoms with E-state index < -0.39 is 0 Å². The maximum atomic E-state index is 13.2. The van der Waals surface area contributed by atoms with Crippen molar-refractivity contribution < 1.29 is 4.79 Å². The Hall–Kier alpha value is -1.56. The molecule has 2 saturated heterocycles. The van der Waals surface area contributed by atoms with Crippen molar-refractivity contribution in [2.45, 2.75) is 38.3 Å². The number of hydrogen-bond donors (Lipinski definition) is 3. The summed E-state index contributed by atoms with van der Waals surface area (Å²) < 4.78 is 0. The molecule has 2 fully saturated rings. The monoisotopic (exact) mass is 372 g/mol. The number of benzene rings is 1. The van der Waals surface area contributed by atoms with Crippen molar-refractivity contribution in [1.29, 1.82) is 0 Å². The quantitative estimate of drug-likeness (QED) is 0.720. The van der Waals surface area contributed by atoms with Crippen molar-refractivity contribution in [2.75, 3.05) is 26.2 Å². The summed E-state index contributed by atoms with van der Waals surface area (Å²) in [5.74, 6) is 0.266. The molecule has 6 heteroatoms. The zero-order chi connectivity index (χ0) is 17.7. The average molecular weight is 373 g/mol. The highest BCUT2D eigenvalue weighted by atomic mass is 35.5. The van der Waals surface area contributed by atoms with E-state index in [0.29, 0.717) is 12.0 Å². The first-order chi connectivity index (χ1) is 12.7. The number of rotatable bonds is 1. The normalized spacial score (nSPS) is 25.0. The number of hydrogen-bond acceptors (Lipinski definition) is 3. The Bertz CT molecular complexity index is 855. The van der Waals surface area contributed by atoms with E-state index in [2.05, 4.69) is 21.7 Å². The number of amides is 1. The summed E-state index contributed by atoms with van der Waals surface area (Å²) in [7, 11) is 0. The largest absolute Gasteiger partial charge is 0.357 e. The van der Waals surface area contributed by atoms with Crippen molar-refractivity contribution in [3.8, 4) is 0 Å². The van der Waals surface area contributed by atoms with Gasteiger partial charge < -0.3 is 20.5 Å². The number of halogens is 1. The van der Waals surface area contributed by atoms with Crippen LogP contribution in [0.1, 0.15) is 30.5 Å². The molecule has 2 aromatic rings. The van der Waals surface area contributed by atoms with Gasteiger partial charge in [0, 0.05) is 42.7 Å². The van der Waals surface area contributed by atoms with Crippen LogP contribution >= 0.6 is 11.6 Å². The zero-order valence-corrected chi connectivity index (χ0v) is 15.7. The first-order valence-electron chi connectivity index (χ1n) is 9.66. The molecule has 1 spiro atoms. The number of piperidine rings is 1. The van der Waals surface area contributed by atoms with Crippen molar-refractivity contribution in [3.63, 3.8) is 0 Å². The van der Waals surface area contributed by atoms with Crippen LogP contribution in [0.15, 0.2) is 18.2 Å². The molecule has 0 radical (unpaired) electrons. The lowest BCUT2D eigenvalue weighted by molar-refractivity contribution is -0.134. The molecule has 1 atom stereocenters. The molecule has 1 aromatic heterocycles. The van der Waals surface area contributed by atoms with Crippen LogP contribution in [0.2, 0.25) is 5.02 Å². The molecule has 5 rings (SSSR count). The van der Waals surface area contributed by atoms with E-state index >= 15 is 0 Å². The van der Waals surface area contributed by atoms with Gasteiger partial charge in [0.25, 0.3) is 0 Å². The van der Waals surface area contributed by atoms with Crippen LogP contribution in [0.25, 0.3) is 10.9 Å². The molecule has 1 amide bonds. The number of aromatic nitrogens is 1. The van der Waals surface area contributed by atoms with Gasteiger partial charge in [0.2, 0.25) is 5.91 Å². The van der Waals surface area contributed by atoms with E-state index in [1.165, 1.54) is 24.1 Å². The molecule has 0 bridgehead atoms. The standard InChI is InChI=1S/C20H25ClN4O/c21-15-3-1-2-13-14-11-25(9-4-16(14)24-18(13)15)19(26)17-10-20(12-23-17)5-7-22-8-6-20/h1-3,17,22-24H,4-12H2. The summed E-state index contributed by atoms with van der Waals surface area (Å²) in [5, 5.41) is 8.87. The smallest absolute Gasteiger partial charge is 0.240 e. The molecule has 3 N–H and O–H groups in total. The summed E-state index contributed by atoms with van der Waals surface area (Å²) in [6, 6.07) is 5.97. The predicted octanol–water partition coefficient (Wildman–Crippen LogP) is 2.44. The number of carbonyl (C=O) groups is 1. The van der Waals surface area contributed by atoms with Gasteiger partial charge in [-0.25, -0.2) is 0 Å². The molecule has 3 aliphatic heterocycles. The SMILES string of the molecule is O=C(C1CC2(CCNCC2)CN1)N1CCc2[nH]c3c(Cl)cccc3c2C1. The van der Waals surface area contributed by atoms with Gasteiger partial charge in [-0.2, -0.15) is 0 Å². The first kappa shape index (κ1) is 16.6. The fourth-order valence-corrected chi connectivity index (χ4v) is 5.26. The summed E-state index contributed by atoms with van der Waals surface area (Å²) in [6.45, 7) is 4.59. The van der Waals surface area contributed by atoms with Gasteiger partial charge in [-0.1, -0.05) is 23.7 Å². The molecule has 26 heavy (non-hydrogen) atoms. The summed E-state index contributed by atoms with van der Waals surface area (Å²) in [6.07, 6.45) is 4.20. The number of fused-ring (bicyclic) bond motifs is 3. The fourth-order valence-electron chi connectivity index (χ4n) is 5.04. The molecule has 0 saturated carbocycles. The number of nitrogens with one attached hydrogen (secondary N) is 3. The number of para-hydroxylation sites is 1. The molecule has 4 heterocycles. The molecule has 3 aliphatic rings. The summed E-state index contributed by atoms with van der Waals surface area (Å²) >= 11 is 6.33.